The third-order valence-corrected chi connectivity index (χ3v) is 7.58. The minimum atomic E-state index is -0.381. The van der Waals surface area contributed by atoms with Gasteiger partial charge in [-0.25, -0.2) is 9.78 Å². The van der Waals surface area contributed by atoms with Crippen molar-refractivity contribution in [2.24, 2.45) is 20.0 Å². The van der Waals surface area contributed by atoms with Gasteiger partial charge in [0.2, 0.25) is 5.82 Å². The normalized spacial score (nSPS) is 12.5. The van der Waals surface area contributed by atoms with Gasteiger partial charge in [-0.1, -0.05) is 56.5 Å². The molecular formula is C24H31ClN8O2S. The molecule has 0 unspecified atom stereocenters. The molecule has 10 nitrogen and oxygen atoms in total. The summed E-state index contributed by atoms with van der Waals surface area (Å²) >= 11 is 7.49. The highest BCUT2D eigenvalue weighted by Gasteiger charge is 2.21. The number of nitrogens with zero attached hydrogens (tertiary/aromatic N) is 8. The molecule has 192 valence electrons. The van der Waals surface area contributed by atoms with Crippen molar-refractivity contribution in [2.45, 2.75) is 57.8 Å². The van der Waals surface area contributed by atoms with Crippen molar-refractivity contribution in [3.8, 4) is 11.4 Å². The summed E-state index contributed by atoms with van der Waals surface area (Å²) in [5.74, 6) is 1.58. The van der Waals surface area contributed by atoms with Gasteiger partial charge in [0.25, 0.3) is 5.56 Å². The molecular weight excluding hydrogens is 500 g/mol. The van der Waals surface area contributed by atoms with Crippen molar-refractivity contribution in [1.29, 1.82) is 0 Å². The van der Waals surface area contributed by atoms with E-state index in [0.29, 0.717) is 46.8 Å². The topological polar surface area (TPSA) is 105 Å². The highest BCUT2D eigenvalue weighted by Crippen LogP contribution is 2.25. The molecule has 0 fully saturated rings. The summed E-state index contributed by atoms with van der Waals surface area (Å²) in [6.45, 7) is 5.56. The Morgan fingerprint density at radius 2 is 1.83 bits per heavy atom. The van der Waals surface area contributed by atoms with Crippen LogP contribution in [0.25, 0.3) is 22.6 Å². The predicted molar refractivity (Wildman–Crippen MR) is 143 cm³/mol. The molecule has 0 aliphatic carbocycles. The van der Waals surface area contributed by atoms with Crippen molar-refractivity contribution in [3.63, 3.8) is 0 Å². The van der Waals surface area contributed by atoms with Crippen molar-refractivity contribution >= 4 is 34.5 Å². The molecule has 4 aromatic rings. The van der Waals surface area contributed by atoms with Crippen LogP contribution in [0.1, 0.15) is 39.5 Å². The smallest absolute Gasteiger partial charge is 0.313 e. The minimum Gasteiger partial charge on any atom is -0.313 e. The molecule has 4 rings (SSSR count). The number of benzene rings is 1. The number of aromatic nitrogens is 8. The van der Waals surface area contributed by atoms with E-state index in [4.69, 9.17) is 16.6 Å². The Morgan fingerprint density at radius 1 is 1.08 bits per heavy atom. The Morgan fingerprint density at radius 3 is 2.53 bits per heavy atom. The lowest BCUT2D eigenvalue weighted by molar-refractivity contribution is 0.382. The number of unbranched alkanes of at least 4 members (excludes halogenated alkanes) is 1. The average Bonchev–Trinajstić information content (AvgIpc) is 3.49. The maximum Gasteiger partial charge on any atom is 0.332 e. The number of fused-ring (bicyclic) bond motifs is 1. The second-order valence-electron chi connectivity index (χ2n) is 8.86. The van der Waals surface area contributed by atoms with Crippen LogP contribution in [0.2, 0.25) is 5.02 Å². The maximum atomic E-state index is 13.1. The Bertz CT molecular complexity index is 1450. The lowest BCUT2D eigenvalue weighted by atomic mass is 9.99. The van der Waals surface area contributed by atoms with Crippen LogP contribution >= 0.6 is 23.4 Å². The standard InChI is InChI=1S/C24H31ClN8O2S/c1-5-7-8-16(6-2)15-32-19-21(30(3)24(35)31(4)22(19)34)26-23(32)36-14-13-33-28-20(27-29-33)17-9-11-18(25)12-10-17/h9-12,16H,5-8,13-15H2,1-4H3/t16-/m1/s1. The van der Waals surface area contributed by atoms with Crippen LogP contribution in [0.3, 0.4) is 0 Å². The van der Waals surface area contributed by atoms with E-state index in [1.165, 1.54) is 23.4 Å². The highest BCUT2D eigenvalue weighted by molar-refractivity contribution is 7.99. The molecule has 36 heavy (non-hydrogen) atoms. The zero-order chi connectivity index (χ0) is 25.8. The van der Waals surface area contributed by atoms with E-state index >= 15 is 0 Å². The molecule has 0 radical (unpaired) electrons. The van der Waals surface area contributed by atoms with Crippen LogP contribution in [0.5, 0.6) is 0 Å². The molecule has 0 aliphatic heterocycles. The molecule has 0 saturated carbocycles. The van der Waals surface area contributed by atoms with Gasteiger partial charge in [0, 0.05) is 37.0 Å². The first-order chi connectivity index (χ1) is 17.3. The Balaban J connectivity index is 1.59. The third kappa shape index (κ3) is 5.41. The van der Waals surface area contributed by atoms with Crippen molar-refractivity contribution in [1.82, 2.24) is 38.9 Å². The number of hydrogen-bond donors (Lipinski definition) is 0. The molecule has 1 atom stereocenters. The van der Waals surface area contributed by atoms with Crippen LogP contribution in [0.15, 0.2) is 39.0 Å². The van der Waals surface area contributed by atoms with Gasteiger partial charge >= 0.3 is 5.69 Å². The molecule has 0 N–H and O–H groups in total. The van der Waals surface area contributed by atoms with Crippen LogP contribution in [0.4, 0.5) is 0 Å². The number of halogens is 1. The van der Waals surface area contributed by atoms with Crippen molar-refractivity contribution in [2.75, 3.05) is 5.75 Å². The largest absolute Gasteiger partial charge is 0.332 e. The molecule has 0 amide bonds. The van der Waals surface area contributed by atoms with Gasteiger partial charge in [0.05, 0.1) is 6.54 Å². The fourth-order valence-corrected chi connectivity index (χ4v) is 5.19. The Kier molecular flexibility index (Phi) is 8.30. The van der Waals surface area contributed by atoms with E-state index in [1.54, 1.807) is 24.0 Å². The fourth-order valence-electron chi connectivity index (χ4n) is 4.15. The second kappa shape index (κ2) is 11.4. The molecule has 3 heterocycles. The Hall–Kier alpha value is -2.92. The number of rotatable bonds is 11. The summed E-state index contributed by atoms with van der Waals surface area (Å²) < 4.78 is 4.60. The molecule has 0 spiro atoms. The quantitative estimate of drug-likeness (QED) is 0.272. The highest BCUT2D eigenvalue weighted by atomic mass is 35.5. The van der Waals surface area contributed by atoms with Crippen LogP contribution in [-0.4, -0.2) is 44.6 Å². The summed E-state index contributed by atoms with van der Waals surface area (Å²) in [7, 11) is 3.17. The molecule has 0 aliphatic rings. The van der Waals surface area contributed by atoms with Gasteiger partial charge in [0.15, 0.2) is 16.3 Å². The number of hydrogen-bond acceptors (Lipinski definition) is 7. The van der Waals surface area contributed by atoms with E-state index in [9.17, 15) is 9.59 Å². The van der Waals surface area contributed by atoms with Gasteiger partial charge in [-0.3, -0.25) is 13.9 Å². The summed E-state index contributed by atoms with van der Waals surface area (Å²) in [6, 6.07) is 7.29. The third-order valence-electron chi connectivity index (χ3n) is 6.37. The lowest BCUT2D eigenvalue weighted by Crippen LogP contribution is -2.37. The van der Waals surface area contributed by atoms with Crippen molar-refractivity contribution in [3.05, 3.63) is 50.1 Å². The van der Waals surface area contributed by atoms with Gasteiger partial charge in [-0.05, 0) is 41.8 Å². The number of thioether (sulfide) groups is 1. The first-order valence-corrected chi connectivity index (χ1v) is 13.5. The summed E-state index contributed by atoms with van der Waals surface area (Å²) in [4.78, 5) is 31.9. The van der Waals surface area contributed by atoms with Crippen LogP contribution < -0.4 is 11.2 Å². The lowest BCUT2D eigenvalue weighted by Gasteiger charge is -2.17. The van der Waals surface area contributed by atoms with Gasteiger partial charge in [0.1, 0.15) is 0 Å². The molecule has 12 heteroatoms. The van der Waals surface area contributed by atoms with Gasteiger partial charge in [-0.15, -0.1) is 10.2 Å². The van der Waals surface area contributed by atoms with Gasteiger partial charge < -0.3 is 4.57 Å². The molecule has 0 bridgehead atoms. The zero-order valence-corrected chi connectivity index (χ0v) is 22.6. The van der Waals surface area contributed by atoms with Crippen molar-refractivity contribution < 1.29 is 0 Å². The van der Waals surface area contributed by atoms with E-state index in [1.807, 2.05) is 16.7 Å². The number of aryl methyl sites for hydroxylation is 2. The number of imidazole rings is 1. The molecule has 0 saturated heterocycles. The van der Waals surface area contributed by atoms with Crippen LogP contribution in [0, 0.1) is 5.92 Å². The van der Waals surface area contributed by atoms with E-state index in [0.717, 1.165) is 41.0 Å². The first-order valence-electron chi connectivity index (χ1n) is 12.2. The fraction of sp³-hybridized carbons (Fsp3) is 0.500. The maximum absolute atomic E-state index is 13.1. The second-order valence-corrected chi connectivity index (χ2v) is 10.4. The predicted octanol–water partition coefficient (Wildman–Crippen LogP) is 3.75. The first kappa shape index (κ1) is 26.2. The van der Waals surface area contributed by atoms with Crippen LogP contribution in [-0.2, 0) is 27.2 Å². The molecule has 1 aromatic carbocycles. The minimum absolute atomic E-state index is 0.316. The molecule has 3 aromatic heterocycles. The SMILES string of the molecule is CCCC[C@@H](CC)Cn1c(SCCn2nnc(-c3ccc(Cl)cc3)n2)nc2c1c(=O)n(C)c(=O)n2C. The van der Waals surface area contributed by atoms with E-state index in [-0.39, 0.29) is 11.2 Å². The van der Waals surface area contributed by atoms with Gasteiger partial charge in [-0.2, -0.15) is 4.80 Å². The monoisotopic (exact) mass is 530 g/mol. The number of tetrazole rings is 1. The summed E-state index contributed by atoms with van der Waals surface area (Å²) in [5, 5.41) is 14.1. The zero-order valence-electron chi connectivity index (χ0n) is 21.0. The average molecular weight is 531 g/mol. The van der Waals surface area contributed by atoms with E-state index in [2.05, 4.69) is 29.3 Å². The summed E-state index contributed by atoms with van der Waals surface area (Å²) in [6.07, 6.45) is 4.35. The Labute approximate surface area is 218 Å². The van der Waals surface area contributed by atoms with E-state index < -0.39 is 0 Å². The summed E-state index contributed by atoms with van der Waals surface area (Å²) in [5.41, 5.74) is 1.03.